The molecule has 2 bridgehead atoms. The number of fused-ring (bicyclic) bond motifs is 2. The molecule has 3 nitrogen and oxygen atoms in total. The summed E-state index contributed by atoms with van der Waals surface area (Å²) in [6.45, 7) is 12.7. The van der Waals surface area contributed by atoms with Gasteiger partial charge in [0.05, 0.1) is 12.2 Å². The Kier molecular flexibility index (Phi) is 3.47. The highest BCUT2D eigenvalue weighted by Crippen LogP contribution is 2.52. The Morgan fingerprint density at radius 3 is 1.90 bits per heavy atom. The van der Waals surface area contributed by atoms with Crippen molar-refractivity contribution in [3.63, 3.8) is 0 Å². The zero-order valence-electron chi connectivity index (χ0n) is 13.7. The molecule has 0 aromatic carbocycles. The van der Waals surface area contributed by atoms with Crippen LogP contribution in [0.5, 0.6) is 0 Å². The molecule has 3 heteroatoms. The Labute approximate surface area is 124 Å². The van der Waals surface area contributed by atoms with Gasteiger partial charge in [-0.3, -0.25) is 4.90 Å². The zero-order chi connectivity index (χ0) is 14.6. The number of nitrogens with two attached hydrogens (primary N) is 1. The third-order valence-electron chi connectivity index (χ3n) is 5.67. The van der Waals surface area contributed by atoms with Crippen LogP contribution in [0.4, 0.5) is 0 Å². The van der Waals surface area contributed by atoms with E-state index in [4.69, 9.17) is 10.5 Å². The Bertz CT molecular complexity index is 349. The predicted octanol–water partition coefficient (Wildman–Crippen LogP) is 2.78. The van der Waals surface area contributed by atoms with Crippen molar-refractivity contribution in [2.24, 2.45) is 16.6 Å². The second-order valence-corrected chi connectivity index (χ2v) is 9.15. The van der Waals surface area contributed by atoms with Gasteiger partial charge in [0.1, 0.15) is 0 Å². The minimum Gasteiger partial charge on any atom is -0.372 e. The van der Waals surface area contributed by atoms with Crippen LogP contribution in [0.3, 0.4) is 0 Å². The molecule has 20 heavy (non-hydrogen) atoms. The largest absolute Gasteiger partial charge is 0.372 e. The van der Waals surface area contributed by atoms with Crippen molar-refractivity contribution >= 4 is 0 Å². The van der Waals surface area contributed by atoms with Crippen LogP contribution in [0.15, 0.2) is 0 Å². The molecule has 2 N–H and O–H groups in total. The topological polar surface area (TPSA) is 38.5 Å². The predicted molar refractivity (Wildman–Crippen MR) is 82.7 cm³/mol. The molecule has 3 fully saturated rings. The molecule has 3 aliphatic rings. The van der Waals surface area contributed by atoms with E-state index in [0.29, 0.717) is 23.0 Å². The minimum atomic E-state index is 0.190. The lowest BCUT2D eigenvalue weighted by Gasteiger charge is -2.57. The summed E-state index contributed by atoms with van der Waals surface area (Å²) in [5.41, 5.74) is 7.31. The van der Waals surface area contributed by atoms with Gasteiger partial charge in [-0.15, -0.1) is 0 Å². The Balaban J connectivity index is 1.86. The standard InChI is InChI=1S/C17H32N2O/c1-15(2)9-16(3,4)11-17(10-15,12-18)19-7-13-5-6-14(8-19)20-13/h13-14H,5-12,18H2,1-4H3. The molecular weight excluding hydrogens is 248 g/mol. The first-order valence-electron chi connectivity index (χ1n) is 8.34. The first-order valence-corrected chi connectivity index (χ1v) is 8.34. The van der Waals surface area contributed by atoms with Crippen molar-refractivity contribution in [1.29, 1.82) is 0 Å². The van der Waals surface area contributed by atoms with Crippen LogP contribution >= 0.6 is 0 Å². The molecular formula is C17H32N2O. The fraction of sp³-hybridized carbons (Fsp3) is 1.00. The lowest BCUT2D eigenvalue weighted by atomic mass is 9.57. The fourth-order valence-corrected chi connectivity index (χ4v) is 5.76. The van der Waals surface area contributed by atoms with Gasteiger partial charge < -0.3 is 10.5 Å². The van der Waals surface area contributed by atoms with E-state index in [0.717, 1.165) is 19.6 Å². The number of likely N-dealkylation sites (tertiary alicyclic amines) is 1. The average molecular weight is 280 g/mol. The van der Waals surface area contributed by atoms with Crippen molar-refractivity contribution < 1.29 is 4.74 Å². The number of morpholine rings is 1. The lowest BCUT2D eigenvalue weighted by molar-refractivity contribution is -0.114. The maximum absolute atomic E-state index is 6.34. The minimum absolute atomic E-state index is 0.190. The maximum Gasteiger partial charge on any atom is 0.0707 e. The summed E-state index contributed by atoms with van der Waals surface area (Å²) in [5, 5.41) is 0. The monoisotopic (exact) mass is 280 g/mol. The van der Waals surface area contributed by atoms with Gasteiger partial charge in [0.15, 0.2) is 0 Å². The zero-order valence-corrected chi connectivity index (χ0v) is 13.7. The summed E-state index contributed by atoms with van der Waals surface area (Å²) in [5.74, 6) is 0. The van der Waals surface area contributed by atoms with Crippen LogP contribution in [-0.2, 0) is 4.74 Å². The van der Waals surface area contributed by atoms with Crippen LogP contribution in [-0.4, -0.2) is 42.3 Å². The average Bonchev–Trinajstić information content (AvgIpc) is 2.64. The summed E-state index contributed by atoms with van der Waals surface area (Å²) in [6.07, 6.45) is 7.19. The molecule has 0 spiro atoms. The van der Waals surface area contributed by atoms with Gasteiger partial charge in [-0.1, -0.05) is 27.7 Å². The maximum atomic E-state index is 6.34. The van der Waals surface area contributed by atoms with Crippen LogP contribution in [0.25, 0.3) is 0 Å². The van der Waals surface area contributed by atoms with E-state index in [2.05, 4.69) is 32.6 Å². The highest BCUT2D eigenvalue weighted by atomic mass is 16.5. The summed E-state index contributed by atoms with van der Waals surface area (Å²) in [4.78, 5) is 2.71. The Morgan fingerprint density at radius 1 is 0.950 bits per heavy atom. The normalized spacial score (nSPS) is 38.9. The fourth-order valence-electron chi connectivity index (χ4n) is 5.76. The van der Waals surface area contributed by atoms with Crippen LogP contribution in [0, 0.1) is 10.8 Å². The van der Waals surface area contributed by atoms with Crippen LogP contribution in [0.1, 0.15) is 59.8 Å². The van der Waals surface area contributed by atoms with Crippen molar-refractivity contribution in [3.8, 4) is 0 Å². The number of ether oxygens (including phenoxy) is 1. The van der Waals surface area contributed by atoms with Crippen molar-refractivity contribution in [2.75, 3.05) is 19.6 Å². The van der Waals surface area contributed by atoms with Gasteiger partial charge >= 0.3 is 0 Å². The molecule has 0 amide bonds. The summed E-state index contributed by atoms with van der Waals surface area (Å²) >= 11 is 0. The van der Waals surface area contributed by atoms with E-state index in [1.54, 1.807) is 0 Å². The van der Waals surface area contributed by atoms with Gasteiger partial charge in [-0.05, 0) is 42.9 Å². The molecule has 1 saturated carbocycles. The molecule has 2 saturated heterocycles. The van der Waals surface area contributed by atoms with Gasteiger partial charge in [-0.25, -0.2) is 0 Å². The van der Waals surface area contributed by atoms with E-state index in [1.165, 1.54) is 32.1 Å². The van der Waals surface area contributed by atoms with Crippen molar-refractivity contribution in [3.05, 3.63) is 0 Å². The quantitative estimate of drug-likeness (QED) is 0.845. The van der Waals surface area contributed by atoms with E-state index in [-0.39, 0.29) is 5.54 Å². The first kappa shape index (κ1) is 14.8. The molecule has 3 rings (SSSR count). The first-order chi connectivity index (χ1) is 9.24. The van der Waals surface area contributed by atoms with Crippen molar-refractivity contribution in [2.45, 2.75) is 77.5 Å². The summed E-state index contributed by atoms with van der Waals surface area (Å²) < 4.78 is 6.03. The van der Waals surface area contributed by atoms with Gasteiger partial charge in [0.25, 0.3) is 0 Å². The van der Waals surface area contributed by atoms with Crippen LogP contribution < -0.4 is 5.73 Å². The number of hydrogen-bond donors (Lipinski definition) is 1. The molecule has 1 aliphatic carbocycles. The lowest BCUT2D eigenvalue weighted by Crippen LogP contribution is -2.64. The molecule has 2 aliphatic heterocycles. The molecule has 2 heterocycles. The van der Waals surface area contributed by atoms with E-state index >= 15 is 0 Å². The molecule has 0 aromatic heterocycles. The van der Waals surface area contributed by atoms with Gasteiger partial charge in [0, 0.05) is 25.2 Å². The van der Waals surface area contributed by atoms with E-state index in [9.17, 15) is 0 Å². The Hall–Kier alpha value is -0.120. The van der Waals surface area contributed by atoms with E-state index < -0.39 is 0 Å². The third-order valence-corrected chi connectivity index (χ3v) is 5.67. The number of hydrogen-bond acceptors (Lipinski definition) is 3. The van der Waals surface area contributed by atoms with Gasteiger partial charge in [-0.2, -0.15) is 0 Å². The second-order valence-electron chi connectivity index (χ2n) is 9.15. The molecule has 116 valence electrons. The number of rotatable bonds is 2. The molecule has 2 atom stereocenters. The smallest absolute Gasteiger partial charge is 0.0707 e. The molecule has 2 unspecified atom stereocenters. The summed E-state index contributed by atoms with van der Waals surface area (Å²) in [6, 6.07) is 0. The highest BCUT2D eigenvalue weighted by molar-refractivity contribution is 5.06. The van der Waals surface area contributed by atoms with Crippen LogP contribution in [0.2, 0.25) is 0 Å². The highest BCUT2D eigenvalue weighted by Gasteiger charge is 2.52. The molecule has 0 radical (unpaired) electrons. The number of nitrogens with zero attached hydrogens (tertiary/aromatic N) is 1. The summed E-state index contributed by atoms with van der Waals surface area (Å²) in [7, 11) is 0. The SMILES string of the molecule is CC1(C)CC(C)(C)CC(CN)(N2CC3CCC(C2)O3)C1. The van der Waals surface area contributed by atoms with E-state index in [1.807, 2.05) is 0 Å². The molecule has 0 aromatic rings. The Morgan fingerprint density at radius 2 is 1.45 bits per heavy atom. The third kappa shape index (κ3) is 2.65. The van der Waals surface area contributed by atoms with Crippen molar-refractivity contribution in [1.82, 2.24) is 4.90 Å². The van der Waals surface area contributed by atoms with Gasteiger partial charge in [0.2, 0.25) is 0 Å². The second kappa shape index (κ2) is 4.69.